The molecule has 1 aromatic heterocycles. The predicted octanol–water partition coefficient (Wildman–Crippen LogP) is 5.74. The van der Waals surface area contributed by atoms with Crippen molar-refractivity contribution in [2.45, 2.75) is 80.1 Å². The fourth-order valence-corrected chi connectivity index (χ4v) is 4.31. The van der Waals surface area contributed by atoms with Gasteiger partial charge < -0.3 is 15.0 Å². The third-order valence-corrected chi connectivity index (χ3v) is 5.97. The van der Waals surface area contributed by atoms with Crippen LogP contribution in [0.1, 0.15) is 79.0 Å². The highest BCUT2D eigenvalue weighted by molar-refractivity contribution is 5.94. The number of nitrogens with one attached hydrogen (secondary N) is 1. The van der Waals surface area contributed by atoms with Gasteiger partial charge in [-0.15, -0.1) is 0 Å². The summed E-state index contributed by atoms with van der Waals surface area (Å²) >= 11 is 0. The molecular formula is C29H46N4O3. The van der Waals surface area contributed by atoms with E-state index in [0.29, 0.717) is 31.8 Å². The van der Waals surface area contributed by atoms with Crippen molar-refractivity contribution in [2.75, 3.05) is 32.1 Å². The average Bonchev–Trinajstić information content (AvgIpc) is 3.16. The van der Waals surface area contributed by atoms with Crippen LogP contribution in [0.25, 0.3) is 5.69 Å². The van der Waals surface area contributed by atoms with Crippen molar-refractivity contribution in [3.63, 3.8) is 0 Å². The zero-order valence-corrected chi connectivity index (χ0v) is 23.8. The molecule has 7 heteroatoms. The van der Waals surface area contributed by atoms with Gasteiger partial charge in [0.05, 0.1) is 17.9 Å². The summed E-state index contributed by atoms with van der Waals surface area (Å²) in [5.74, 6) is 0.598. The van der Waals surface area contributed by atoms with Gasteiger partial charge in [-0.25, -0.2) is 4.68 Å². The van der Waals surface area contributed by atoms with Crippen LogP contribution in [0.15, 0.2) is 30.3 Å². The maximum absolute atomic E-state index is 13.2. The van der Waals surface area contributed by atoms with Crippen LogP contribution in [0.4, 0.5) is 5.82 Å². The minimum Gasteiger partial charge on any atom is -0.385 e. The molecular weight excluding hydrogens is 452 g/mol. The van der Waals surface area contributed by atoms with Crippen LogP contribution in [-0.4, -0.2) is 53.3 Å². The Morgan fingerprint density at radius 2 is 1.75 bits per heavy atom. The standard InChI is InChI=1S/C29H46N4O3/c1-21-11-13-23(14-12-21)33-25(18-24(31-33)29(6,7)8)30-26(34)20-32(15-10-16-36-9)27(35)17-22(2)19-28(3,4)5/h11-14,18,22H,10,15-17,19-20H2,1-9H3,(H,30,34). The molecule has 2 amide bonds. The summed E-state index contributed by atoms with van der Waals surface area (Å²) in [6.07, 6.45) is 2.05. The summed E-state index contributed by atoms with van der Waals surface area (Å²) in [6, 6.07) is 9.94. The largest absolute Gasteiger partial charge is 0.385 e. The van der Waals surface area contributed by atoms with E-state index in [1.807, 2.05) is 37.3 Å². The number of amides is 2. The Bertz CT molecular complexity index is 997. The van der Waals surface area contributed by atoms with E-state index >= 15 is 0 Å². The molecule has 0 radical (unpaired) electrons. The van der Waals surface area contributed by atoms with Crippen LogP contribution < -0.4 is 5.32 Å². The first kappa shape index (κ1) is 29.6. The molecule has 1 unspecified atom stereocenters. The van der Waals surface area contributed by atoms with Gasteiger partial charge >= 0.3 is 0 Å². The normalized spacial score (nSPS) is 12.9. The van der Waals surface area contributed by atoms with Crippen LogP contribution in [0, 0.1) is 18.3 Å². The monoisotopic (exact) mass is 498 g/mol. The van der Waals surface area contributed by atoms with Crippen LogP contribution in [0.3, 0.4) is 0 Å². The fraction of sp³-hybridized carbons (Fsp3) is 0.621. The molecule has 0 aliphatic rings. The molecule has 2 rings (SSSR count). The molecule has 0 bridgehead atoms. The van der Waals surface area contributed by atoms with E-state index in [0.717, 1.165) is 23.4 Å². The summed E-state index contributed by atoms with van der Waals surface area (Å²) in [5.41, 5.74) is 2.87. The minimum absolute atomic E-state index is 0.000394. The summed E-state index contributed by atoms with van der Waals surface area (Å²) in [5, 5.41) is 7.81. The number of hydrogen-bond donors (Lipinski definition) is 1. The number of ether oxygens (including phenoxy) is 1. The van der Waals surface area contributed by atoms with Gasteiger partial charge in [-0.05, 0) is 43.2 Å². The maximum atomic E-state index is 13.2. The second kappa shape index (κ2) is 12.5. The van der Waals surface area contributed by atoms with E-state index < -0.39 is 0 Å². The fourth-order valence-electron chi connectivity index (χ4n) is 4.31. The second-order valence-electron chi connectivity index (χ2n) is 12.2. The SMILES string of the molecule is COCCCN(CC(=O)Nc1cc(C(C)(C)C)nn1-c1ccc(C)cc1)C(=O)CC(C)CC(C)(C)C. The van der Waals surface area contributed by atoms with Gasteiger partial charge in [0, 0.05) is 38.2 Å². The molecule has 1 heterocycles. The smallest absolute Gasteiger partial charge is 0.245 e. The first-order valence-electron chi connectivity index (χ1n) is 12.9. The molecule has 0 aliphatic heterocycles. The molecule has 0 fully saturated rings. The molecule has 200 valence electrons. The number of carbonyl (C=O) groups is 2. The Morgan fingerprint density at radius 1 is 1.11 bits per heavy atom. The molecule has 1 N–H and O–H groups in total. The summed E-state index contributed by atoms with van der Waals surface area (Å²) in [4.78, 5) is 28.0. The predicted molar refractivity (Wildman–Crippen MR) is 147 cm³/mol. The van der Waals surface area contributed by atoms with Gasteiger partial charge in [-0.2, -0.15) is 5.10 Å². The third kappa shape index (κ3) is 9.41. The lowest BCUT2D eigenvalue weighted by atomic mass is 9.84. The van der Waals surface area contributed by atoms with Gasteiger partial charge in [0.25, 0.3) is 0 Å². The number of benzene rings is 1. The number of aromatic nitrogens is 2. The summed E-state index contributed by atoms with van der Waals surface area (Å²) in [7, 11) is 1.64. The minimum atomic E-state index is -0.238. The Balaban J connectivity index is 2.22. The van der Waals surface area contributed by atoms with Crippen molar-refractivity contribution in [1.29, 1.82) is 0 Å². The van der Waals surface area contributed by atoms with Crippen molar-refractivity contribution in [1.82, 2.24) is 14.7 Å². The first-order chi connectivity index (χ1) is 16.7. The number of carbonyl (C=O) groups excluding carboxylic acids is 2. The van der Waals surface area contributed by atoms with Crippen LogP contribution in [0.5, 0.6) is 0 Å². The van der Waals surface area contributed by atoms with E-state index in [2.05, 4.69) is 53.8 Å². The molecule has 36 heavy (non-hydrogen) atoms. The summed E-state index contributed by atoms with van der Waals surface area (Å²) < 4.78 is 6.94. The maximum Gasteiger partial charge on any atom is 0.245 e. The molecule has 0 spiro atoms. The molecule has 0 saturated heterocycles. The molecule has 1 aromatic carbocycles. The third-order valence-electron chi connectivity index (χ3n) is 5.97. The van der Waals surface area contributed by atoms with Crippen molar-refractivity contribution in [3.05, 3.63) is 41.6 Å². The lowest BCUT2D eigenvalue weighted by Gasteiger charge is -2.27. The molecule has 7 nitrogen and oxygen atoms in total. The van der Waals surface area contributed by atoms with Gasteiger partial charge in [-0.1, -0.05) is 66.2 Å². The van der Waals surface area contributed by atoms with Crippen LogP contribution in [-0.2, 0) is 19.7 Å². The Kier molecular flexibility index (Phi) is 10.3. The van der Waals surface area contributed by atoms with E-state index in [1.165, 1.54) is 0 Å². The zero-order chi connectivity index (χ0) is 27.1. The molecule has 0 saturated carbocycles. The van der Waals surface area contributed by atoms with Gasteiger partial charge in [0.2, 0.25) is 11.8 Å². The van der Waals surface area contributed by atoms with Crippen molar-refractivity contribution in [2.24, 2.45) is 11.3 Å². The average molecular weight is 499 g/mol. The number of aryl methyl sites for hydroxylation is 1. The Hall–Kier alpha value is -2.67. The Morgan fingerprint density at radius 3 is 2.31 bits per heavy atom. The molecule has 1 atom stereocenters. The zero-order valence-electron chi connectivity index (χ0n) is 23.8. The number of hydrogen-bond acceptors (Lipinski definition) is 4. The highest BCUT2D eigenvalue weighted by atomic mass is 16.5. The number of nitrogens with zero attached hydrogens (tertiary/aromatic N) is 3. The van der Waals surface area contributed by atoms with Crippen molar-refractivity contribution < 1.29 is 14.3 Å². The van der Waals surface area contributed by atoms with Gasteiger partial charge in [0.15, 0.2) is 0 Å². The van der Waals surface area contributed by atoms with Crippen LogP contribution in [0.2, 0.25) is 0 Å². The van der Waals surface area contributed by atoms with E-state index in [1.54, 1.807) is 16.7 Å². The lowest BCUT2D eigenvalue weighted by molar-refractivity contribution is -0.135. The molecule has 0 aliphatic carbocycles. The number of anilines is 1. The lowest BCUT2D eigenvalue weighted by Crippen LogP contribution is -2.40. The Labute approximate surface area is 217 Å². The highest BCUT2D eigenvalue weighted by Crippen LogP contribution is 2.28. The summed E-state index contributed by atoms with van der Waals surface area (Å²) in [6.45, 7) is 18.0. The van der Waals surface area contributed by atoms with E-state index in [9.17, 15) is 9.59 Å². The van der Waals surface area contributed by atoms with Gasteiger partial charge in [0.1, 0.15) is 5.82 Å². The topological polar surface area (TPSA) is 76.5 Å². The van der Waals surface area contributed by atoms with Crippen molar-refractivity contribution >= 4 is 17.6 Å². The van der Waals surface area contributed by atoms with Gasteiger partial charge in [-0.3, -0.25) is 9.59 Å². The van der Waals surface area contributed by atoms with Crippen LogP contribution >= 0.6 is 0 Å². The molecule has 2 aromatic rings. The highest BCUT2D eigenvalue weighted by Gasteiger charge is 2.25. The second-order valence-corrected chi connectivity index (χ2v) is 12.2. The number of rotatable bonds is 11. The quantitative estimate of drug-likeness (QED) is 0.401. The van der Waals surface area contributed by atoms with Crippen molar-refractivity contribution in [3.8, 4) is 5.69 Å². The number of methoxy groups -OCH3 is 1. The van der Waals surface area contributed by atoms with E-state index in [-0.39, 0.29) is 35.1 Å². The first-order valence-corrected chi connectivity index (χ1v) is 12.9. The van der Waals surface area contributed by atoms with E-state index in [4.69, 9.17) is 9.84 Å².